The van der Waals surface area contributed by atoms with Gasteiger partial charge in [-0.05, 0) is 45.5 Å². The zero-order valence-electron chi connectivity index (χ0n) is 13.1. The molecule has 0 aromatic carbocycles. The van der Waals surface area contributed by atoms with E-state index in [4.69, 9.17) is 4.42 Å². The van der Waals surface area contributed by atoms with Crippen LogP contribution in [0.3, 0.4) is 0 Å². The standard InChI is InChI=1S/C15H24N4O3/c1-19(2)12(13-7-5-9-22-13)10-17-15(21)18-11-6-3-4-8-16-14(11)20/h5,7,9,11-12H,3-4,6,8,10H2,1-2H3,(H,16,20)(H2,17,18,21). The monoisotopic (exact) mass is 308 g/mol. The number of hydrogen-bond acceptors (Lipinski definition) is 4. The lowest BCUT2D eigenvalue weighted by Gasteiger charge is -2.23. The van der Waals surface area contributed by atoms with Crippen molar-refractivity contribution in [2.75, 3.05) is 27.2 Å². The second-order valence-corrected chi connectivity index (χ2v) is 5.69. The topological polar surface area (TPSA) is 86.6 Å². The fourth-order valence-corrected chi connectivity index (χ4v) is 2.49. The van der Waals surface area contributed by atoms with Gasteiger partial charge in [-0.15, -0.1) is 0 Å². The van der Waals surface area contributed by atoms with Gasteiger partial charge in [0.05, 0.1) is 12.3 Å². The summed E-state index contributed by atoms with van der Waals surface area (Å²) in [4.78, 5) is 25.8. The molecule has 0 saturated carbocycles. The van der Waals surface area contributed by atoms with Gasteiger partial charge in [0.25, 0.3) is 0 Å². The smallest absolute Gasteiger partial charge is 0.315 e. The van der Waals surface area contributed by atoms with Crippen LogP contribution in [-0.4, -0.2) is 50.1 Å². The van der Waals surface area contributed by atoms with E-state index in [0.29, 0.717) is 19.5 Å². The predicted molar refractivity (Wildman–Crippen MR) is 82.3 cm³/mol. The quantitative estimate of drug-likeness (QED) is 0.752. The van der Waals surface area contributed by atoms with Gasteiger partial charge in [-0.3, -0.25) is 9.69 Å². The van der Waals surface area contributed by atoms with Crippen molar-refractivity contribution in [3.63, 3.8) is 0 Å². The molecule has 0 bridgehead atoms. The lowest BCUT2D eigenvalue weighted by molar-refractivity contribution is -0.122. The molecule has 2 heterocycles. The third-order valence-electron chi connectivity index (χ3n) is 3.79. The normalized spacial score (nSPS) is 20.1. The summed E-state index contributed by atoms with van der Waals surface area (Å²) in [5.74, 6) is 0.681. The van der Waals surface area contributed by atoms with Crippen LogP contribution in [0.4, 0.5) is 4.79 Å². The van der Waals surface area contributed by atoms with Crippen LogP contribution in [-0.2, 0) is 4.79 Å². The minimum absolute atomic E-state index is 0.0521. The molecule has 0 aliphatic carbocycles. The zero-order valence-corrected chi connectivity index (χ0v) is 13.1. The van der Waals surface area contributed by atoms with Gasteiger partial charge in [-0.1, -0.05) is 0 Å². The van der Waals surface area contributed by atoms with E-state index in [9.17, 15) is 9.59 Å². The third kappa shape index (κ3) is 4.49. The number of carbonyl (C=O) groups is 2. The lowest BCUT2D eigenvalue weighted by atomic mass is 10.1. The summed E-state index contributed by atoms with van der Waals surface area (Å²) < 4.78 is 5.40. The molecule has 0 spiro atoms. The zero-order chi connectivity index (χ0) is 15.9. The summed E-state index contributed by atoms with van der Waals surface area (Å²) in [5.41, 5.74) is 0. The van der Waals surface area contributed by atoms with Crippen molar-refractivity contribution in [1.82, 2.24) is 20.9 Å². The molecule has 3 N–H and O–H groups in total. The molecular weight excluding hydrogens is 284 g/mol. The minimum Gasteiger partial charge on any atom is -0.468 e. The summed E-state index contributed by atoms with van der Waals surface area (Å²) in [7, 11) is 3.84. The summed E-state index contributed by atoms with van der Waals surface area (Å²) in [5, 5.41) is 8.35. The molecule has 0 radical (unpaired) electrons. The third-order valence-corrected chi connectivity index (χ3v) is 3.79. The fourth-order valence-electron chi connectivity index (χ4n) is 2.49. The van der Waals surface area contributed by atoms with E-state index in [1.165, 1.54) is 0 Å². The number of nitrogens with zero attached hydrogens (tertiary/aromatic N) is 1. The van der Waals surface area contributed by atoms with Crippen LogP contribution >= 0.6 is 0 Å². The Labute approximate surface area is 130 Å². The lowest BCUT2D eigenvalue weighted by Crippen LogP contribution is -2.50. The first-order valence-corrected chi connectivity index (χ1v) is 7.60. The number of nitrogens with one attached hydrogen (secondary N) is 3. The van der Waals surface area contributed by atoms with Crippen LogP contribution in [0.1, 0.15) is 31.1 Å². The Bertz CT molecular complexity index is 487. The van der Waals surface area contributed by atoms with Gasteiger partial charge in [-0.2, -0.15) is 0 Å². The van der Waals surface area contributed by atoms with Crippen molar-refractivity contribution in [1.29, 1.82) is 0 Å². The van der Waals surface area contributed by atoms with Gasteiger partial charge in [0.2, 0.25) is 5.91 Å². The Morgan fingerprint density at radius 1 is 1.50 bits per heavy atom. The molecule has 1 aromatic rings. The van der Waals surface area contributed by atoms with E-state index < -0.39 is 6.04 Å². The SMILES string of the molecule is CN(C)C(CNC(=O)NC1CCCCNC1=O)c1ccco1. The Kier molecular flexibility index (Phi) is 5.83. The maximum Gasteiger partial charge on any atom is 0.315 e. The molecule has 2 rings (SSSR count). The Morgan fingerprint density at radius 2 is 2.32 bits per heavy atom. The number of rotatable bonds is 5. The molecule has 1 aliphatic rings. The van der Waals surface area contributed by atoms with E-state index in [1.54, 1.807) is 6.26 Å². The molecule has 1 aliphatic heterocycles. The summed E-state index contributed by atoms with van der Waals surface area (Å²) >= 11 is 0. The van der Waals surface area contributed by atoms with Gasteiger partial charge >= 0.3 is 6.03 Å². The molecule has 3 amide bonds. The predicted octanol–water partition coefficient (Wildman–Crippen LogP) is 0.850. The average molecular weight is 308 g/mol. The van der Waals surface area contributed by atoms with Crippen LogP contribution in [0.25, 0.3) is 0 Å². The molecule has 22 heavy (non-hydrogen) atoms. The molecule has 2 atom stereocenters. The molecular formula is C15H24N4O3. The molecule has 7 nitrogen and oxygen atoms in total. The van der Waals surface area contributed by atoms with Crippen LogP contribution in [0.2, 0.25) is 0 Å². The van der Waals surface area contributed by atoms with Gasteiger partial charge in [0.15, 0.2) is 0 Å². The molecule has 1 fully saturated rings. The van der Waals surface area contributed by atoms with Crippen molar-refractivity contribution in [3.05, 3.63) is 24.2 Å². The van der Waals surface area contributed by atoms with Crippen LogP contribution in [0, 0.1) is 0 Å². The number of amides is 3. The van der Waals surface area contributed by atoms with E-state index in [1.807, 2.05) is 31.1 Å². The number of carbonyl (C=O) groups excluding carboxylic acids is 2. The first-order chi connectivity index (χ1) is 10.6. The summed E-state index contributed by atoms with van der Waals surface area (Å²) in [6.07, 6.45) is 4.17. The molecule has 1 aromatic heterocycles. The van der Waals surface area contributed by atoms with Gasteiger partial charge in [0.1, 0.15) is 11.8 Å². The van der Waals surface area contributed by atoms with Crippen molar-refractivity contribution in [2.45, 2.75) is 31.3 Å². The van der Waals surface area contributed by atoms with Gasteiger partial charge in [-0.25, -0.2) is 4.79 Å². The maximum atomic E-state index is 12.0. The van der Waals surface area contributed by atoms with Gasteiger partial charge in [0, 0.05) is 13.1 Å². The number of hydrogen-bond donors (Lipinski definition) is 3. The van der Waals surface area contributed by atoms with Crippen LogP contribution < -0.4 is 16.0 Å². The van der Waals surface area contributed by atoms with Crippen molar-refractivity contribution in [3.8, 4) is 0 Å². The number of furan rings is 1. The molecule has 1 saturated heterocycles. The van der Waals surface area contributed by atoms with E-state index in [0.717, 1.165) is 18.6 Å². The van der Waals surface area contributed by atoms with E-state index in [-0.39, 0.29) is 18.0 Å². The van der Waals surface area contributed by atoms with E-state index in [2.05, 4.69) is 16.0 Å². The molecule has 122 valence electrons. The average Bonchev–Trinajstić information content (AvgIpc) is 2.92. The second kappa shape index (κ2) is 7.84. The minimum atomic E-state index is -0.455. The van der Waals surface area contributed by atoms with Crippen LogP contribution in [0.5, 0.6) is 0 Å². The highest BCUT2D eigenvalue weighted by atomic mass is 16.3. The first kappa shape index (κ1) is 16.4. The highest BCUT2D eigenvalue weighted by Crippen LogP contribution is 2.17. The highest BCUT2D eigenvalue weighted by molar-refractivity contribution is 5.87. The molecule has 2 unspecified atom stereocenters. The largest absolute Gasteiger partial charge is 0.468 e. The van der Waals surface area contributed by atoms with E-state index >= 15 is 0 Å². The van der Waals surface area contributed by atoms with Crippen LogP contribution in [0.15, 0.2) is 22.8 Å². The van der Waals surface area contributed by atoms with Crippen molar-refractivity contribution in [2.24, 2.45) is 0 Å². The van der Waals surface area contributed by atoms with Crippen molar-refractivity contribution >= 4 is 11.9 Å². The Hall–Kier alpha value is -2.02. The maximum absolute atomic E-state index is 12.0. The first-order valence-electron chi connectivity index (χ1n) is 7.60. The molecule has 7 heteroatoms. The Morgan fingerprint density at radius 3 is 3.00 bits per heavy atom. The fraction of sp³-hybridized carbons (Fsp3) is 0.600. The Balaban J connectivity index is 1.84. The number of urea groups is 1. The summed E-state index contributed by atoms with van der Waals surface area (Å²) in [6.45, 7) is 1.08. The highest BCUT2D eigenvalue weighted by Gasteiger charge is 2.23. The number of likely N-dealkylation sites (N-methyl/N-ethyl adjacent to an activating group) is 1. The second-order valence-electron chi connectivity index (χ2n) is 5.69. The van der Waals surface area contributed by atoms with Crippen molar-refractivity contribution < 1.29 is 14.0 Å². The summed E-state index contributed by atoms with van der Waals surface area (Å²) in [6, 6.07) is 2.86. The van der Waals surface area contributed by atoms with Gasteiger partial charge < -0.3 is 20.4 Å².